The highest BCUT2D eigenvalue weighted by atomic mass is 79.9. The van der Waals surface area contributed by atoms with Gasteiger partial charge in [0.05, 0.1) is 26.4 Å². The standard InChI is InChI=1S/C17H18BrClN2O3S/c1-22-14-6-10(7-15(23-2)16(14)24-3)9-20-17(25)21-11-4-5-12(18)13(19)8-11/h4-8H,9H2,1-3H3,(H2,20,21,25). The lowest BCUT2D eigenvalue weighted by molar-refractivity contribution is 0.323. The molecule has 0 saturated carbocycles. The van der Waals surface area contributed by atoms with Crippen LogP contribution < -0.4 is 24.8 Å². The second-order valence-electron chi connectivity index (χ2n) is 4.97. The van der Waals surface area contributed by atoms with Crippen LogP contribution in [0.25, 0.3) is 0 Å². The van der Waals surface area contributed by atoms with E-state index in [1.165, 1.54) is 0 Å². The SMILES string of the molecule is COc1cc(CNC(=S)Nc2ccc(Br)c(Cl)c2)cc(OC)c1OC. The molecule has 0 unspecified atom stereocenters. The molecule has 0 spiro atoms. The Balaban J connectivity index is 2.04. The summed E-state index contributed by atoms with van der Waals surface area (Å²) in [6, 6.07) is 9.26. The fraction of sp³-hybridized carbons (Fsp3) is 0.235. The van der Waals surface area contributed by atoms with Crippen LogP contribution in [0.2, 0.25) is 5.02 Å². The highest BCUT2D eigenvalue weighted by molar-refractivity contribution is 9.10. The van der Waals surface area contributed by atoms with Crippen LogP contribution in [0.4, 0.5) is 5.69 Å². The smallest absolute Gasteiger partial charge is 0.203 e. The minimum atomic E-state index is 0.479. The first-order chi connectivity index (χ1) is 12.0. The monoisotopic (exact) mass is 444 g/mol. The summed E-state index contributed by atoms with van der Waals surface area (Å²) < 4.78 is 16.8. The van der Waals surface area contributed by atoms with E-state index in [1.807, 2.05) is 24.3 Å². The molecule has 0 fully saturated rings. The predicted molar refractivity (Wildman–Crippen MR) is 108 cm³/mol. The normalized spacial score (nSPS) is 10.1. The number of nitrogens with one attached hydrogen (secondary N) is 2. The van der Waals surface area contributed by atoms with Crippen molar-refractivity contribution in [1.29, 1.82) is 0 Å². The molecule has 0 heterocycles. The van der Waals surface area contributed by atoms with Crippen LogP contribution >= 0.6 is 39.7 Å². The van der Waals surface area contributed by atoms with Crippen LogP contribution in [-0.2, 0) is 6.54 Å². The summed E-state index contributed by atoms with van der Waals surface area (Å²) in [5, 5.41) is 7.31. The van der Waals surface area contributed by atoms with E-state index in [0.717, 1.165) is 15.7 Å². The van der Waals surface area contributed by atoms with Crippen LogP contribution in [-0.4, -0.2) is 26.4 Å². The van der Waals surface area contributed by atoms with Gasteiger partial charge in [-0.1, -0.05) is 11.6 Å². The van der Waals surface area contributed by atoms with E-state index in [9.17, 15) is 0 Å². The van der Waals surface area contributed by atoms with Crippen molar-refractivity contribution < 1.29 is 14.2 Å². The molecule has 0 bridgehead atoms. The minimum absolute atomic E-state index is 0.479. The van der Waals surface area contributed by atoms with Crippen molar-refractivity contribution in [3.8, 4) is 17.2 Å². The molecule has 0 atom stereocenters. The van der Waals surface area contributed by atoms with Crippen LogP contribution in [0, 0.1) is 0 Å². The van der Waals surface area contributed by atoms with Gasteiger partial charge in [0.15, 0.2) is 16.6 Å². The number of methoxy groups -OCH3 is 3. The first kappa shape index (κ1) is 19.6. The van der Waals surface area contributed by atoms with E-state index in [1.54, 1.807) is 27.4 Å². The quantitative estimate of drug-likeness (QED) is 0.633. The Morgan fingerprint density at radius 3 is 2.24 bits per heavy atom. The average Bonchev–Trinajstić information content (AvgIpc) is 2.62. The summed E-state index contributed by atoms with van der Waals surface area (Å²) in [6.45, 7) is 0.493. The lowest BCUT2D eigenvalue weighted by Gasteiger charge is -2.15. The Morgan fingerprint density at radius 1 is 1.08 bits per heavy atom. The first-order valence-electron chi connectivity index (χ1n) is 7.27. The molecule has 2 aromatic carbocycles. The van der Waals surface area contributed by atoms with Crippen molar-refractivity contribution in [2.45, 2.75) is 6.54 Å². The van der Waals surface area contributed by atoms with Gasteiger partial charge in [0, 0.05) is 16.7 Å². The average molecular weight is 446 g/mol. The summed E-state index contributed by atoms with van der Waals surface area (Å²) in [7, 11) is 4.73. The maximum absolute atomic E-state index is 6.08. The third kappa shape index (κ3) is 5.14. The molecule has 0 aliphatic heterocycles. The van der Waals surface area contributed by atoms with Crippen molar-refractivity contribution in [3.05, 3.63) is 45.4 Å². The predicted octanol–water partition coefficient (Wildman–Crippen LogP) is 4.61. The molecule has 0 saturated heterocycles. The van der Waals surface area contributed by atoms with Gasteiger partial charge in [-0.25, -0.2) is 0 Å². The third-order valence-electron chi connectivity index (χ3n) is 3.36. The van der Waals surface area contributed by atoms with Crippen molar-refractivity contribution in [3.63, 3.8) is 0 Å². The van der Waals surface area contributed by atoms with Crippen LogP contribution in [0.1, 0.15) is 5.56 Å². The molecule has 5 nitrogen and oxygen atoms in total. The number of ether oxygens (including phenoxy) is 3. The van der Waals surface area contributed by atoms with E-state index >= 15 is 0 Å². The van der Waals surface area contributed by atoms with Gasteiger partial charge >= 0.3 is 0 Å². The van der Waals surface area contributed by atoms with Gasteiger partial charge in [-0.3, -0.25) is 0 Å². The van der Waals surface area contributed by atoms with E-state index in [4.69, 9.17) is 38.0 Å². The maximum atomic E-state index is 6.08. The van der Waals surface area contributed by atoms with Gasteiger partial charge in [-0.2, -0.15) is 0 Å². The number of rotatable bonds is 6. The first-order valence-corrected chi connectivity index (χ1v) is 8.85. The summed E-state index contributed by atoms with van der Waals surface area (Å²) in [4.78, 5) is 0. The second-order valence-corrected chi connectivity index (χ2v) is 6.64. The summed E-state index contributed by atoms with van der Waals surface area (Å²) in [5.74, 6) is 1.74. The number of anilines is 1. The summed E-state index contributed by atoms with van der Waals surface area (Å²) in [6.07, 6.45) is 0. The fourth-order valence-corrected chi connectivity index (χ4v) is 2.79. The molecule has 0 aliphatic rings. The molecule has 25 heavy (non-hydrogen) atoms. The Kier molecular flexibility index (Phi) is 7.16. The molecule has 134 valence electrons. The fourth-order valence-electron chi connectivity index (χ4n) is 2.17. The van der Waals surface area contributed by atoms with Gasteiger partial charge in [-0.05, 0) is 64.0 Å². The third-order valence-corrected chi connectivity index (χ3v) is 4.83. The van der Waals surface area contributed by atoms with Gasteiger partial charge in [0.25, 0.3) is 0 Å². The molecule has 0 radical (unpaired) electrons. The number of benzene rings is 2. The van der Waals surface area contributed by atoms with Crippen LogP contribution in [0.3, 0.4) is 0 Å². The largest absolute Gasteiger partial charge is 0.493 e. The van der Waals surface area contributed by atoms with Crippen molar-refractivity contribution in [1.82, 2.24) is 5.32 Å². The van der Waals surface area contributed by atoms with Crippen LogP contribution in [0.5, 0.6) is 17.2 Å². The molecule has 0 aliphatic carbocycles. The maximum Gasteiger partial charge on any atom is 0.203 e. The number of hydrogen-bond donors (Lipinski definition) is 2. The summed E-state index contributed by atoms with van der Waals surface area (Å²) in [5.41, 5.74) is 1.74. The Hall–Kier alpha value is -1.70. The highest BCUT2D eigenvalue weighted by Crippen LogP contribution is 2.38. The molecule has 8 heteroatoms. The minimum Gasteiger partial charge on any atom is -0.493 e. The molecule has 2 N–H and O–H groups in total. The lowest BCUT2D eigenvalue weighted by atomic mass is 10.2. The number of thiocarbonyl (C=S) groups is 1. The second kappa shape index (κ2) is 9.12. The lowest BCUT2D eigenvalue weighted by Crippen LogP contribution is -2.27. The van der Waals surface area contributed by atoms with E-state index in [-0.39, 0.29) is 0 Å². The molecule has 2 aromatic rings. The molecule has 0 aromatic heterocycles. The molecule has 2 rings (SSSR count). The van der Waals surface area contributed by atoms with Crippen molar-refractivity contribution in [2.75, 3.05) is 26.6 Å². The molecular weight excluding hydrogens is 428 g/mol. The molecule has 0 amide bonds. The van der Waals surface area contributed by atoms with Crippen LogP contribution in [0.15, 0.2) is 34.8 Å². The number of halogens is 2. The van der Waals surface area contributed by atoms with Gasteiger partial charge in [-0.15, -0.1) is 0 Å². The van der Waals surface area contributed by atoms with Crippen molar-refractivity contribution in [2.24, 2.45) is 0 Å². The Labute approximate surface area is 165 Å². The van der Waals surface area contributed by atoms with Crippen molar-refractivity contribution >= 4 is 50.5 Å². The molecular formula is C17H18BrClN2O3S. The highest BCUT2D eigenvalue weighted by Gasteiger charge is 2.13. The topological polar surface area (TPSA) is 51.8 Å². The summed E-state index contributed by atoms with van der Waals surface area (Å²) >= 11 is 14.7. The number of hydrogen-bond acceptors (Lipinski definition) is 4. The Bertz CT molecular complexity index is 749. The zero-order valence-electron chi connectivity index (χ0n) is 14.0. The van der Waals surface area contributed by atoms with Gasteiger partial charge in [0.1, 0.15) is 0 Å². The zero-order valence-corrected chi connectivity index (χ0v) is 17.1. The zero-order chi connectivity index (χ0) is 18.4. The Morgan fingerprint density at radius 2 is 1.72 bits per heavy atom. The van der Waals surface area contributed by atoms with E-state index in [2.05, 4.69) is 26.6 Å². The van der Waals surface area contributed by atoms with E-state index < -0.39 is 0 Å². The van der Waals surface area contributed by atoms with Gasteiger partial charge in [0.2, 0.25) is 5.75 Å². The van der Waals surface area contributed by atoms with E-state index in [0.29, 0.717) is 33.9 Å². The van der Waals surface area contributed by atoms with Gasteiger partial charge < -0.3 is 24.8 Å².